The number of nitrogens with zero attached hydrogens (tertiary/aromatic N) is 2. The number of ether oxygens (including phenoxy) is 2. The Balaban J connectivity index is 1.46. The van der Waals surface area contributed by atoms with Crippen LogP contribution in [0.3, 0.4) is 0 Å². The fourth-order valence-corrected chi connectivity index (χ4v) is 7.08. The molecule has 0 saturated carbocycles. The number of cyclic esters (lactones) is 1. The van der Waals surface area contributed by atoms with Gasteiger partial charge in [0.25, 0.3) is 5.91 Å². The lowest BCUT2D eigenvalue weighted by atomic mass is 9.74. The van der Waals surface area contributed by atoms with E-state index in [9.17, 15) is 24.3 Å². The zero-order valence-electron chi connectivity index (χ0n) is 24.9. The van der Waals surface area contributed by atoms with E-state index in [-0.39, 0.29) is 31.8 Å². The number of esters is 1. The van der Waals surface area contributed by atoms with Gasteiger partial charge in [-0.3, -0.25) is 19.2 Å². The number of hydrogen-bond acceptors (Lipinski definition) is 7. The number of carbonyl (C=O) groups is 4. The fourth-order valence-electron chi connectivity index (χ4n) is 6.96. The molecule has 10 nitrogen and oxygen atoms in total. The van der Waals surface area contributed by atoms with Crippen molar-refractivity contribution >= 4 is 41.0 Å². The highest BCUT2D eigenvalue weighted by Crippen LogP contribution is 2.56. The number of fused-ring (bicyclic) bond motifs is 2. The van der Waals surface area contributed by atoms with Gasteiger partial charge in [0.15, 0.2) is 0 Å². The smallest absolute Gasteiger partial charge is 0.313 e. The second kappa shape index (κ2) is 12.8. The van der Waals surface area contributed by atoms with Crippen LogP contribution >= 0.6 is 11.6 Å². The number of allylic oxidation sites excluding steroid dienone is 1. The van der Waals surface area contributed by atoms with Gasteiger partial charge in [-0.2, -0.15) is 0 Å². The van der Waals surface area contributed by atoms with Crippen molar-refractivity contribution in [3.05, 3.63) is 89.5 Å². The van der Waals surface area contributed by atoms with Crippen LogP contribution in [0, 0.1) is 11.8 Å². The molecule has 2 aromatic carbocycles. The molecule has 0 aromatic heterocycles. The first-order valence-corrected chi connectivity index (χ1v) is 15.6. The number of carbonyl (C=O) groups excluding carboxylic acids is 4. The summed E-state index contributed by atoms with van der Waals surface area (Å²) in [5.41, 5.74) is -0.0293. The number of hydrogen-bond donors (Lipinski definition) is 2. The highest BCUT2D eigenvalue weighted by molar-refractivity contribution is 6.30. The first-order chi connectivity index (χ1) is 21.7. The van der Waals surface area contributed by atoms with Gasteiger partial charge in [0.05, 0.1) is 31.2 Å². The number of amides is 3. The summed E-state index contributed by atoms with van der Waals surface area (Å²) in [5.74, 6) is -3.76. The van der Waals surface area contributed by atoms with Gasteiger partial charge in [-0.15, -0.1) is 0 Å². The van der Waals surface area contributed by atoms with Crippen molar-refractivity contribution in [1.29, 1.82) is 0 Å². The van der Waals surface area contributed by atoms with Crippen LogP contribution in [0.4, 0.5) is 5.69 Å². The van der Waals surface area contributed by atoms with Crippen molar-refractivity contribution < 1.29 is 33.8 Å². The largest absolute Gasteiger partial charge is 0.460 e. The Kier molecular flexibility index (Phi) is 8.81. The van der Waals surface area contributed by atoms with Crippen LogP contribution in [0.15, 0.2) is 78.9 Å². The number of nitrogens with one attached hydrogen (secondary N) is 1. The van der Waals surface area contributed by atoms with E-state index in [1.165, 1.54) is 4.90 Å². The van der Waals surface area contributed by atoms with Gasteiger partial charge in [-0.25, -0.2) is 0 Å². The maximum atomic E-state index is 14.9. The summed E-state index contributed by atoms with van der Waals surface area (Å²) < 4.78 is 12.2. The number of halogens is 1. The Morgan fingerprint density at radius 3 is 2.53 bits per heavy atom. The zero-order chi connectivity index (χ0) is 31.7. The van der Waals surface area contributed by atoms with Gasteiger partial charge < -0.3 is 29.7 Å². The molecule has 2 aromatic rings. The molecule has 1 spiro atoms. The Morgan fingerprint density at radius 2 is 1.80 bits per heavy atom. The topological polar surface area (TPSA) is 125 Å². The number of benzene rings is 2. The lowest BCUT2D eigenvalue weighted by Gasteiger charge is -2.39. The third kappa shape index (κ3) is 5.78. The maximum Gasteiger partial charge on any atom is 0.313 e. The van der Waals surface area contributed by atoms with E-state index in [0.29, 0.717) is 17.1 Å². The van der Waals surface area contributed by atoms with Crippen LogP contribution in [0.25, 0.3) is 0 Å². The molecule has 0 aliphatic carbocycles. The van der Waals surface area contributed by atoms with Crippen LogP contribution < -0.4 is 10.2 Å². The Hall–Kier alpha value is -3.99. The summed E-state index contributed by atoms with van der Waals surface area (Å²) >= 11 is 6.18. The predicted octanol–water partition coefficient (Wildman–Crippen LogP) is 2.83. The third-order valence-electron chi connectivity index (χ3n) is 9.04. The van der Waals surface area contributed by atoms with Crippen molar-refractivity contribution in [2.75, 3.05) is 24.6 Å². The molecule has 5 bridgehead atoms. The minimum atomic E-state index is -1.45. The molecule has 2 N–H and O–H groups in total. The molecule has 4 aliphatic rings. The molecule has 4 aliphatic heterocycles. The molecule has 6 rings (SSSR count). The van der Waals surface area contributed by atoms with E-state index in [1.807, 2.05) is 42.5 Å². The summed E-state index contributed by atoms with van der Waals surface area (Å²) in [7, 11) is 0. The average molecular weight is 634 g/mol. The third-order valence-corrected chi connectivity index (χ3v) is 9.29. The van der Waals surface area contributed by atoms with Crippen LogP contribution in [0.1, 0.15) is 25.3 Å². The van der Waals surface area contributed by atoms with Crippen molar-refractivity contribution in [3.8, 4) is 0 Å². The Morgan fingerprint density at radius 1 is 1.04 bits per heavy atom. The van der Waals surface area contributed by atoms with Crippen molar-refractivity contribution in [2.24, 2.45) is 11.8 Å². The molecular formula is C34H36ClN3O7. The quantitative estimate of drug-likeness (QED) is 0.383. The monoisotopic (exact) mass is 633 g/mol. The Bertz CT molecular complexity index is 1510. The molecule has 0 unspecified atom stereocenters. The summed E-state index contributed by atoms with van der Waals surface area (Å²) in [4.78, 5) is 58.5. The molecule has 236 valence electrons. The molecule has 45 heavy (non-hydrogen) atoms. The summed E-state index contributed by atoms with van der Waals surface area (Å²) in [6.45, 7) is 1.52. The molecule has 2 saturated heterocycles. The van der Waals surface area contributed by atoms with Crippen LogP contribution in [-0.2, 0) is 35.1 Å². The second-order valence-corrected chi connectivity index (χ2v) is 12.4. The number of anilines is 1. The fraction of sp³-hybridized carbons (Fsp3) is 0.412. The number of aliphatic hydroxyl groups is 1. The molecular weight excluding hydrogens is 598 g/mol. The second-order valence-electron chi connectivity index (χ2n) is 12.0. The predicted molar refractivity (Wildman–Crippen MR) is 166 cm³/mol. The lowest BCUT2D eigenvalue weighted by molar-refractivity contribution is -0.159. The van der Waals surface area contributed by atoms with E-state index >= 15 is 0 Å². The van der Waals surface area contributed by atoms with E-state index < -0.39 is 66.1 Å². The van der Waals surface area contributed by atoms with Crippen molar-refractivity contribution in [1.82, 2.24) is 10.2 Å². The van der Waals surface area contributed by atoms with Gasteiger partial charge in [-0.05, 0) is 49.6 Å². The first-order valence-electron chi connectivity index (χ1n) is 15.3. The summed E-state index contributed by atoms with van der Waals surface area (Å²) in [6.07, 6.45) is 6.61. The molecule has 3 amide bonds. The number of likely N-dealkylation sites (tertiary alicyclic amines) is 1. The van der Waals surface area contributed by atoms with Gasteiger partial charge in [0.1, 0.15) is 23.7 Å². The Labute approximate surface area is 266 Å². The molecule has 11 heteroatoms. The maximum absolute atomic E-state index is 14.9. The van der Waals surface area contributed by atoms with Gasteiger partial charge in [0, 0.05) is 23.7 Å². The van der Waals surface area contributed by atoms with Crippen molar-refractivity contribution in [2.45, 2.75) is 56.1 Å². The van der Waals surface area contributed by atoms with E-state index in [2.05, 4.69) is 5.32 Å². The van der Waals surface area contributed by atoms with Crippen LogP contribution in [0.5, 0.6) is 0 Å². The molecule has 2 fully saturated rings. The highest BCUT2D eigenvalue weighted by atomic mass is 35.5. The van der Waals surface area contributed by atoms with Crippen LogP contribution in [0.2, 0.25) is 5.02 Å². The molecule has 0 radical (unpaired) electrons. The minimum absolute atomic E-state index is 0.118. The average Bonchev–Trinajstić information content (AvgIpc) is 3.68. The van der Waals surface area contributed by atoms with Gasteiger partial charge in [0.2, 0.25) is 11.8 Å². The number of aliphatic hydroxyl groups excluding tert-OH is 1. The highest BCUT2D eigenvalue weighted by Gasteiger charge is 2.74. The van der Waals surface area contributed by atoms with E-state index in [4.69, 9.17) is 21.1 Å². The molecule has 4 heterocycles. The summed E-state index contributed by atoms with van der Waals surface area (Å²) in [6, 6.07) is 14.3. The normalized spacial score (nSPS) is 31.5. The molecule has 7 atom stereocenters. The van der Waals surface area contributed by atoms with Crippen LogP contribution in [-0.4, -0.2) is 83.3 Å². The zero-order valence-corrected chi connectivity index (χ0v) is 25.6. The van der Waals surface area contributed by atoms with Crippen molar-refractivity contribution in [3.63, 3.8) is 0 Å². The SMILES string of the molecule is C[C@H]1CNC(=O)CC/C=C\CN(c2ccc(Cl)cc2)C(=O)[C@H]2N([C@@H](CO)Cc3ccccc3)C(=O)[C@@H]3[C@@H](C(=O)O1)[C@H]1C=C[C@]32O1. The van der Waals surface area contributed by atoms with Gasteiger partial charge in [-0.1, -0.05) is 66.2 Å². The summed E-state index contributed by atoms with van der Waals surface area (Å²) in [5, 5.41) is 14.0. The lowest BCUT2D eigenvalue weighted by Crippen LogP contribution is -2.59. The van der Waals surface area contributed by atoms with Gasteiger partial charge >= 0.3 is 5.97 Å². The first kappa shape index (κ1) is 31.0. The van der Waals surface area contributed by atoms with E-state index in [0.717, 1.165) is 5.56 Å². The minimum Gasteiger partial charge on any atom is -0.460 e. The standard InChI is InChI=1S/C34H36ClN3O7/c1-21-19-36-27(40)10-6-3-7-17-37(24-13-11-23(35)12-14-24)32(42)30-34-16-15-26(45-34)28(33(43)44-21)29(34)31(41)38(30)25(20-39)18-22-8-4-2-5-9-22/h2-5,7-9,11-16,21,25-26,28-30,39H,6,10,17-20H2,1H3,(H,36,40)/b7-3-/t21-,25+,26+,28-,29-,30+,34-/m0/s1. The number of rotatable bonds is 5. The van der Waals surface area contributed by atoms with E-state index in [1.54, 1.807) is 48.2 Å².